The number of hydrogen-bond acceptors (Lipinski definition) is 6. The number of hydrogen-bond donors (Lipinski definition) is 1. The molecule has 0 saturated carbocycles. The average Bonchev–Trinajstić information content (AvgIpc) is 3.01. The Kier molecular flexibility index (Phi) is 3.51. The van der Waals surface area contributed by atoms with E-state index in [0.717, 1.165) is 0 Å². The molecule has 0 spiro atoms. The first-order chi connectivity index (χ1) is 11.1. The number of rotatable bonds is 4. The summed E-state index contributed by atoms with van der Waals surface area (Å²) >= 11 is 0. The average molecular weight is 311 g/mol. The van der Waals surface area contributed by atoms with Gasteiger partial charge in [-0.2, -0.15) is 0 Å². The molecule has 0 unspecified atom stereocenters. The molecule has 0 aliphatic carbocycles. The van der Waals surface area contributed by atoms with Gasteiger partial charge in [0.15, 0.2) is 5.69 Å². The van der Waals surface area contributed by atoms with Gasteiger partial charge in [-0.3, -0.25) is 15.1 Å². The normalized spacial score (nSPS) is 10.4. The number of nitro groups is 1. The molecule has 1 aromatic carbocycles. The highest BCUT2D eigenvalue weighted by Crippen LogP contribution is 2.26. The third-order valence-corrected chi connectivity index (χ3v) is 3.11. The SMILES string of the molecule is O=C(O)c1nnn(-c2cccc([N+](=O)[O-])c2)c1-c1ccncc1. The largest absolute Gasteiger partial charge is 0.476 e. The fraction of sp³-hybridized carbons (Fsp3) is 0. The van der Waals surface area contributed by atoms with E-state index in [0.29, 0.717) is 11.3 Å². The fourth-order valence-corrected chi connectivity index (χ4v) is 2.11. The van der Waals surface area contributed by atoms with Crippen LogP contribution in [0.1, 0.15) is 10.5 Å². The van der Waals surface area contributed by atoms with Crippen molar-refractivity contribution in [1.29, 1.82) is 0 Å². The van der Waals surface area contributed by atoms with Gasteiger partial charge in [-0.05, 0) is 18.2 Å². The lowest BCUT2D eigenvalue weighted by molar-refractivity contribution is -0.384. The Bertz CT molecular complexity index is 891. The van der Waals surface area contributed by atoms with E-state index in [9.17, 15) is 20.0 Å². The van der Waals surface area contributed by atoms with E-state index < -0.39 is 10.9 Å². The summed E-state index contributed by atoms with van der Waals surface area (Å²) < 4.78 is 1.26. The second-order valence-corrected chi connectivity index (χ2v) is 4.52. The number of carboxylic acids is 1. The van der Waals surface area contributed by atoms with Crippen LogP contribution in [0.5, 0.6) is 0 Å². The van der Waals surface area contributed by atoms with Gasteiger partial charge in [0.2, 0.25) is 0 Å². The van der Waals surface area contributed by atoms with Crippen LogP contribution in [-0.4, -0.2) is 36.0 Å². The van der Waals surface area contributed by atoms with Crippen LogP contribution in [0, 0.1) is 10.1 Å². The maximum atomic E-state index is 11.4. The van der Waals surface area contributed by atoms with E-state index in [4.69, 9.17) is 0 Å². The van der Waals surface area contributed by atoms with E-state index in [1.807, 2.05) is 0 Å². The Labute approximate surface area is 129 Å². The van der Waals surface area contributed by atoms with Gasteiger partial charge < -0.3 is 5.11 Å². The van der Waals surface area contributed by atoms with Gasteiger partial charge in [0.1, 0.15) is 5.69 Å². The van der Waals surface area contributed by atoms with Crippen molar-refractivity contribution in [3.63, 3.8) is 0 Å². The van der Waals surface area contributed by atoms with Crippen molar-refractivity contribution < 1.29 is 14.8 Å². The van der Waals surface area contributed by atoms with Crippen LogP contribution in [-0.2, 0) is 0 Å². The molecular formula is C14H9N5O4. The lowest BCUT2D eigenvalue weighted by Gasteiger charge is -2.07. The first-order valence-electron chi connectivity index (χ1n) is 6.42. The predicted octanol–water partition coefficient (Wildman–Crippen LogP) is 1.94. The molecule has 2 heterocycles. The number of benzene rings is 1. The van der Waals surface area contributed by atoms with Gasteiger partial charge >= 0.3 is 5.97 Å². The van der Waals surface area contributed by atoms with Gasteiger partial charge in [0.25, 0.3) is 5.69 Å². The lowest BCUT2D eigenvalue weighted by atomic mass is 10.1. The van der Waals surface area contributed by atoms with Crippen LogP contribution >= 0.6 is 0 Å². The molecule has 9 nitrogen and oxygen atoms in total. The van der Waals surface area contributed by atoms with Crippen molar-refractivity contribution in [3.8, 4) is 16.9 Å². The van der Waals surface area contributed by atoms with Crippen molar-refractivity contribution in [2.45, 2.75) is 0 Å². The Hall–Kier alpha value is -3.62. The summed E-state index contributed by atoms with van der Waals surface area (Å²) in [6, 6.07) is 8.93. The van der Waals surface area contributed by atoms with Gasteiger partial charge in [0, 0.05) is 30.1 Å². The monoisotopic (exact) mass is 311 g/mol. The van der Waals surface area contributed by atoms with Gasteiger partial charge in [-0.25, -0.2) is 9.48 Å². The van der Waals surface area contributed by atoms with Crippen LogP contribution in [0.25, 0.3) is 16.9 Å². The van der Waals surface area contributed by atoms with Crippen molar-refractivity contribution in [2.24, 2.45) is 0 Å². The van der Waals surface area contributed by atoms with Gasteiger partial charge in [-0.15, -0.1) is 5.10 Å². The maximum absolute atomic E-state index is 11.4. The highest BCUT2D eigenvalue weighted by atomic mass is 16.6. The van der Waals surface area contributed by atoms with Crippen molar-refractivity contribution >= 4 is 11.7 Å². The maximum Gasteiger partial charge on any atom is 0.358 e. The zero-order valence-electron chi connectivity index (χ0n) is 11.5. The first kappa shape index (κ1) is 14.3. The molecule has 0 radical (unpaired) electrons. The predicted molar refractivity (Wildman–Crippen MR) is 78.2 cm³/mol. The molecule has 1 N–H and O–H groups in total. The number of pyridine rings is 1. The van der Waals surface area contributed by atoms with Crippen molar-refractivity contribution in [1.82, 2.24) is 20.0 Å². The van der Waals surface area contributed by atoms with Crippen LogP contribution in [0.3, 0.4) is 0 Å². The molecule has 0 saturated heterocycles. The summed E-state index contributed by atoms with van der Waals surface area (Å²) in [5, 5.41) is 27.7. The topological polar surface area (TPSA) is 124 Å². The number of aromatic nitrogens is 4. The molecule has 2 aromatic heterocycles. The third kappa shape index (κ3) is 2.62. The molecule has 3 rings (SSSR count). The highest BCUT2D eigenvalue weighted by molar-refractivity contribution is 5.93. The lowest BCUT2D eigenvalue weighted by Crippen LogP contribution is -2.03. The number of aromatic carboxylic acids is 1. The summed E-state index contributed by atoms with van der Waals surface area (Å²) in [5.41, 5.74) is 0.721. The molecule has 0 amide bonds. The summed E-state index contributed by atoms with van der Waals surface area (Å²) in [6.45, 7) is 0. The quantitative estimate of drug-likeness (QED) is 0.576. The Morgan fingerprint density at radius 3 is 2.61 bits per heavy atom. The number of carbonyl (C=O) groups is 1. The molecule has 114 valence electrons. The molecule has 3 aromatic rings. The molecule has 0 atom stereocenters. The fourth-order valence-electron chi connectivity index (χ4n) is 2.11. The minimum absolute atomic E-state index is 0.129. The number of carboxylic acid groups (broad SMARTS) is 1. The summed E-state index contributed by atoms with van der Waals surface area (Å²) in [5.74, 6) is -1.24. The van der Waals surface area contributed by atoms with E-state index in [2.05, 4.69) is 15.3 Å². The number of nitro benzene ring substituents is 1. The molecule has 0 aliphatic heterocycles. The third-order valence-electron chi connectivity index (χ3n) is 3.11. The van der Waals surface area contributed by atoms with E-state index in [1.54, 1.807) is 18.2 Å². The zero-order valence-corrected chi connectivity index (χ0v) is 11.5. The highest BCUT2D eigenvalue weighted by Gasteiger charge is 2.22. The molecule has 0 bridgehead atoms. The van der Waals surface area contributed by atoms with Gasteiger partial charge in [0.05, 0.1) is 10.6 Å². The van der Waals surface area contributed by atoms with Crippen LogP contribution in [0.4, 0.5) is 5.69 Å². The van der Waals surface area contributed by atoms with Crippen LogP contribution in [0.2, 0.25) is 0 Å². The molecule has 0 aliphatic rings. The summed E-state index contributed by atoms with van der Waals surface area (Å²) in [4.78, 5) is 25.6. The smallest absolute Gasteiger partial charge is 0.358 e. The zero-order chi connectivity index (χ0) is 16.4. The second kappa shape index (κ2) is 5.64. The Morgan fingerprint density at radius 2 is 1.96 bits per heavy atom. The number of non-ortho nitro benzene ring substituents is 1. The van der Waals surface area contributed by atoms with Crippen molar-refractivity contribution in [2.75, 3.05) is 0 Å². The van der Waals surface area contributed by atoms with Crippen LogP contribution in [0.15, 0.2) is 48.8 Å². The van der Waals surface area contributed by atoms with Crippen molar-refractivity contribution in [3.05, 3.63) is 64.6 Å². The minimum Gasteiger partial charge on any atom is -0.476 e. The second-order valence-electron chi connectivity index (χ2n) is 4.52. The minimum atomic E-state index is -1.24. The molecular weight excluding hydrogens is 302 g/mol. The van der Waals surface area contributed by atoms with Crippen LogP contribution < -0.4 is 0 Å². The van der Waals surface area contributed by atoms with E-state index in [1.165, 1.54) is 35.3 Å². The Morgan fingerprint density at radius 1 is 1.22 bits per heavy atom. The Balaban J connectivity index is 2.23. The van der Waals surface area contributed by atoms with E-state index >= 15 is 0 Å². The standard InChI is InChI=1S/C14H9N5O4/c20-14(21)12-13(9-4-6-15-7-5-9)18(17-16-12)10-2-1-3-11(8-10)19(22)23/h1-8H,(H,20,21). The molecule has 0 fully saturated rings. The van der Waals surface area contributed by atoms with Gasteiger partial charge in [-0.1, -0.05) is 11.3 Å². The molecule has 9 heteroatoms. The van der Waals surface area contributed by atoms with E-state index in [-0.39, 0.29) is 17.1 Å². The summed E-state index contributed by atoms with van der Waals surface area (Å²) in [6.07, 6.45) is 3.01. The first-order valence-corrected chi connectivity index (χ1v) is 6.42. The number of nitrogens with zero attached hydrogens (tertiary/aromatic N) is 5. The summed E-state index contributed by atoms with van der Waals surface area (Å²) in [7, 11) is 0. The molecule has 23 heavy (non-hydrogen) atoms.